The van der Waals surface area contributed by atoms with Gasteiger partial charge in [-0.15, -0.1) is 0 Å². The lowest BCUT2D eigenvalue weighted by molar-refractivity contribution is -0.137. The standard InChI is InChI=1S/C11H22N2O5/c1-18-9-7-13(6-8-14)11(17)12-5-3-2-4-10(15)16/h14H,2-9H2,1H3,(H,12,17)(H,15,16). The van der Waals surface area contributed by atoms with Crippen LogP contribution in [0.25, 0.3) is 0 Å². The first kappa shape index (κ1) is 16.7. The summed E-state index contributed by atoms with van der Waals surface area (Å²) in [6.07, 6.45) is 1.27. The number of carboxylic acids is 1. The molecule has 0 bridgehead atoms. The highest BCUT2D eigenvalue weighted by Gasteiger charge is 2.11. The number of hydrogen-bond acceptors (Lipinski definition) is 4. The zero-order valence-electron chi connectivity index (χ0n) is 10.7. The smallest absolute Gasteiger partial charge is 0.317 e. The van der Waals surface area contributed by atoms with Crippen LogP contribution in [0, 0.1) is 0 Å². The van der Waals surface area contributed by atoms with Crippen molar-refractivity contribution in [2.75, 3.05) is 40.0 Å². The van der Waals surface area contributed by atoms with E-state index in [1.165, 1.54) is 4.90 Å². The number of carbonyl (C=O) groups excluding carboxylic acids is 1. The summed E-state index contributed by atoms with van der Waals surface area (Å²) >= 11 is 0. The molecule has 0 rings (SSSR count). The van der Waals surface area contributed by atoms with Crippen molar-refractivity contribution in [1.82, 2.24) is 10.2 Å². The van der Waals surface area contributed by atoms with Crippen molar-refractivity contribution < 1.29 is 24.5 Å². The number of carboxylic acid groups (broad SMARTS) is 1. The van der Waals surface area contributed by atoms with Gasteiger partial charge in [0.1, 0.15) is 0 Å². The summed E-state index contributed by atoms with van der Waals surface area (Å²) in [7, 11) is 1.54. The number of nitrogens with one attached hydrogen (secondary N) is 1. The van der Waals surface area contributed by atoms with Gasteiger partial charge in [-0.1, -0.05) is 0 Å². The van der Waals surface area contributed by atoms with Gasteiger partial charge in [-0.3, -0.25) is 4.79 Å². The number of hydrogen-bond donors (Lipinski definition) is 3. The second kappa shape index (κ2) is 10.8. The van der Waals surface area contributed by atoms with Crippen LogP contribution in [-0.2, 0) is 9.53 Å². The molecule has 0 aromatic carbocycles. The normalized spacial score (nSPS) is 10.1. The molecule has 7 heteroatoms. The van der Waals surface area contributed by atoms with E-state index in [2.05, 4.69) is 5.32 Å². The van der Waals surface area contributed by atoms with Crippen LogP contribution in [-0.4, -0.2) is 67.1 Å². The van der Waals surface area contributed by atoms with E-state index in [1.54, 1.807) is 7.11 Å². The Morgan fingerprint density at radius 2 is 2.00 bits per heavy atom. The van der Waals surface area contributed by atoms with Crippen molar-refractivity contribution in [3.8, 4) is 0 Å². The molecule has 0 saturated heterocycles. The maximum atomic E-state index is 11.7. The zero-order chi connectivity index (χ0) is 13.8. The van der Waals surface area contributed by atoms with Crippen molar-refractivity contribution in [2.24, 2.45) is 0 Å². The van der Waals surface area contributed by atoms with Gasteiger partial charge in [0, 0.05) is 33.2 Å². The molecular weight excluding hydrogens is 240 g/mol. The van der Waals surface area contributed by atoms with Gasteiger partial charge >= 0.3 is 12.0 Å². The van der Waals surface area contributed by atoms with Crippen molar-refractivity contribution in [3.63, 3.8) is 0 Å². The molecule has 0 radical (unpaired) electrons. The van der Waals surface area contributed by atoms with Crippen molar-refractivity contribution in [1.29, 1.82) is 0 Å². The third-order valence-corrected chi connectivity index (χ3v) is 2.32. The second-order valence-electron chi connectivity index (χ2n) is 3.79. The molecule has 0 aromatic rings. The van der Waals surface area contributed by atoms with Gasteiger partial charge in [-0.05, 0) is 12.8 Å². The Balaban J connectivity index is 3.76. The Morgan fingerprint density at radius 3 is 2.56 bits per heavy atom. The number of aliphatic hydroxyl groups is 1. The first-order chi connectivity index (χ1) is 8.61. The quantitative estimate of drug-likeness (QED) is 0.477. The minimum absolute atomic E-state index is 0.101. The summed E-state index contributed by atoms with van der Waals surface area (Å²) in [5, 5.41) is 19.9. The van der Waals surface area contributed by atoms with Crippen molar-refractivity contribution >= 4 is 12.0 Å². The van der Waals surface area contributed by atoms with E-state index >= 15 is 0 Å². The predicted octanol–water partition coefficient (Wildman–Crippen LogP) is -0.108. The van der Waals surface area contributed by atoms with Gasteiger partial charge in [-0.2, -0.15) is 0 Å². The monoisotopic (exact) mass is 262 g/mol. The molecule has 106 valence electrons. The van der Waals surface area contributed by atoms with Gasteiger partial charge in [0.15, 0.2) is 0 Å². The number of urea groups is 1. The minimum atomic E-state index is -0.830. The summed E-state index contributed by atoms with van der Waals surface area (Å²) in [5.41, 5.74) is 0. The molecule has 0 aliphatic heterocycles. The lowest BCUT2D eigenvalue weighted by Crippen LogP contribution is -2.43. The summed E-state index contributed by atoms with van der Waals surface area (Å²) in [4.78, 5) is 23.4. The molecule has 0 aliphatic carbocycles. The number of rotatable bonds is 10. The Hall–Kier alpha value is -1.34. The number of methoxy groups -OCH3 is 1. The average Bonchev–Trinajstić information content (AvgIpc) is 2.33. The Labute approximate surface area is 107 Å². The topological polar surface area (TPSA) is 99.1 Å². The summed E-state index contributed by atoms with van der Waals surface area (Å²) in [6, 6.07) is -0.267. The number of unbranched alkanes of at least 4 members (excludes halogenated alkanes) is 1. The highest BCUT2D eigenvalue weighted by molar-refractivity contribution is 5.74. The largest absolute Gasteiger partial charge is 0.481 e. The molecule has 7 nitrogen and oxygen atoms in total. The second-order valence-corrected chi connectivity index (χ2v) is 3.79. The highest BCUT2D eigenvalue weighted by atomic mass is 16.5. The first-order valence-electron chi connectivity index (χ1n) is 5.96. The van der Waals surface area contributed by atoms with Crippen LogP contribution in [0.3, 0.4) is 0 Å². The molecule has 0 unspecified atom stereocenters. The fourth-order valence-corrected chi connectivity index (χ4v) is 1.35. The molecule has 0 spiro atoms. The van der Waals surface area contributed by atoms with Crippen LogP contribution < -0.4 is 5.32 Å². The maximum absolute atomic E-state index is 11.7. The lowest BCUT2D eigenvalue weighted by atomic mass is 10.2. The number of nitrogens with zero attached hydrogens (tertiary/aromatic N) is 1. The molecule has 2 amide bonds. The lowest BCUT2D eigenvalue weighted by Gasteiger charge is -2.21. The number of ether oxygens (including phenoxy) is 1. The Kier molecular flexibility index (Phi) is 9.99. The first-order valence-corrected chi connectivity index (χ1v) is 5.96. The van der Waals surface area contributed by atoms with E-state index in [0.717, 1.165) is 0 Å². The average molecular weight is 262 g/mol. The maximum Gasteiger partial charge on any atom is 0.317 e. The van der Waals surface area contributed by atoms with Crippen LogP contribution in [0.4, 0.5) is 4.79 Å². The fraction of sp³-hybridized carbons (Fsp3) is 0.818. The highest BCUT2D eigenvalue weighted by Crippen LogP contribution is 1.95. The minimum Gasteiger partial charge on any atom is -0.481 e. The van der Waals surface area contributed by atoms with Gasteiger partial charge in [0.2, 0.25) is 0 Å². The van der Waals surface area contributed by atoms with Crippen LogP contribution >= 0.6 is 0 Å². The van der Waals surface area contributed by atoms with Gasteiger partial charge in [0.05, 0.1) is 13.2 Å². The molecule has 0 aromatic heterocycles. The zero-order valence-corrected chi connectivity index (χ0v) is 10.7. The SMILES string of the molecule is COCCN(CCO)C(=O)NCCCCC(=O)O. The van der Waals surface area contributed by atoms with Crippen molar-refractivity contribution in [3.05, 3.63) is 0 Å². The molecule has 3 N–H and O–H groups in total. The third kappa shape index (κ3) is 8.77. The van der Waals surface area contributed by atoms with Crippen LogP contribution in [0.5, 0.6) is 0 Å². The number of amides is 2. The summed E-state index contributed by atoms with van der Waals surface area (Å²) in [6.45, 7) is 1.41. The molecule has 0 saturated carbocycles. The van der Waals surface area contributed by atoms with E-state index in [9.17, 15) is 9.59 Å². The third-order valence-electron chi connectivity index (χ3n) is 2.32. The summed E-state index contributed by atoms with van der Waals surface area (Å²) < 4.78 is 4.87. The van der Waals surface area contributed by atoms with Gasteiger partial charge in [0.25, 0.3) is 0 Å². The fourth-order valence-electron chi connectivity index (χ4n) is 1.35. The Morgan fingerprint density at radius 1 is 1.28 bits per heavy atom. The predicted molar refractivity (Wildman–Crippen MR) is 65.4 cm³/mol. The van der Waals surface area contributed by atoms with Gasteiger partial charge in [-0.25, -0.2) is 4.79 Å². The molecule has 0 aliphatic rings. The van der Waals surface area contributed by atoms with E-state index in [1.807, 2.05) is 0 Å². The number of aliphatic hydroxyl groups excluding tert-OH is 1. The molecule has 0 heterocycles. The van der Waals surface area contributed by atoms with E-state index in [-0.39, 0.29) is 25.6 Å². The molecular formula is C11H22N2O5. The number of aliphatic carboxylic acids is 1. The molecule has 18 heavy (non-hydrogen) atoms. The molecule has 0 atom stereocenters. The van der Waals surface area contributed by atoms with E-state index in [0.29, 0.717) is 32.5 Å². The molecule has 0 fully saturated rings. The van der Waals surface area contributed by atoms with Gasteiger partial charge < -0.3 is 25.2 Å². The Bertz CT molecular complexity index is 248. The van der Waals surface area contributed by atoms with Crippen molar-refractivity contribution in [2.45, 2.75) is 19.3 Å². The summed E-state index contributed by atoms with van der Waals surface area (Å²) in [5.74, 6) is -0.830. The van der Waals surface area contributed by atoms with Crippen LogP contribution in [0.15, 0.2) is 0 Å². The van der Waals surface area contributed by atoms with Crippen LogP contribution in [0.1, 0.15) is 19.3 Å². The number of carbonyl (C=O) groups is 2. The van der Waals surface area contributed by atoms with Crippen LogP contribution in [0.2, 0.25) is 0 Å². The van der Waals surface area contributed by atoms with E-state index in [4.69, 9.17) is 14.9 Å². The van der Waals surface area contributed by atoms with E-state index < -0.39 is 5.97 Å².